The monoisotopic (exact) mass is 219 g/mol. The Labute approximate surface area is 93.9 Å². The summed E-state index contributed by atoms with van der Waals surface area (Å²) in [6, 6.07) is 4.48. The molecule has 0 aromatic heterocycles. The van der Waals surface area contributed by atoms with E-state index in [9.17, 15) is 9.90 Å². The van der Waals surface area contributed by atoms with Crippen molar-refractivity contribution >= 4 is 5.91 Å². The molecule has 0 fully saturated rings. The lowest BCUT2D eigenvalue weighted by Gasteiger charge is -2.03. The fraction of sp³-hybridized carbons (Fsp3) is 0.250. The van der Waals surface area contributed by atoms with E-state index in [0.717, 1.165) is 5.56 Å². The van der Waals surface area contributed by atoms with Crippen molar-refractivity contribution in [1.82, 2.24) is 5.32 Å². The fourth-order valence-electron chi connectivity index (χ4n) is 1.22. The van der Waals surface area contributed by atoms with Gasteiger partial charge in [0.05, 0.1) is 6.54 Å². The van der Waals surface area contributed by atoms with Crippen LogP contribution in [0, 0.1) is 12.3 Å². The Bertz CT molecular complexity index is 421. The Balaban J connectivity index is 2.46. The molecule has 4 nitrogen and oxygen atoms in total. The van der Waals surface area contributed by atoms with E-state index in [1.54, 1.807) is 6.07 Å². The first kappa shape index (κ1) is 11.9. The number of nitrogens with one attached hydrogen (secondary N) is 1. The van der Waals surface area contributed by atoms with Crippen LogP contribution in [0.3, 0.4) is 0 Å². The highest BCUT2D eigenvalue weighted by Crippen LogP contribution is 2.25. The van der Waals surface area contributed by atoms with Gasteiger partial charge in [-0.25, -0.2) is 0 Å². The molecule has 16 heavy (non-hydrogen) atoms. The number of phenolic OH excluding ortho intramolecular Hbond substituents is 2. The van der Waals surface area contributed by atoms with Crippen LogP contribution in [0.4, 0.5) is 0 Å². The second-order valence-electron chi connectivity index (χ2n) is 3.30. The van der Waals surface area contributed by atoms with E-state index in [2.05, 4.69) is 11.2 Å². The number of aromatic hydroxyl groups is 2. The SMILES string of the molecule is C#CCNC(=O)CCc1ccc(O)c(O)c1. The highest BCUT2D eigenvalue weighted by molar-refractivity contribution is 5.76. The van der Waals surface area contributed by atoms with Gasteiger partial charge in [0.2, 0.25) is 5.91 Å². The summed E-state index contributed by atoms with van der Waals surface area (Å²) in [5, 5.41) is 20.9. The van der Waals surface area contributed by atoms with E-state index < -0.39 is 0 Å². The normalized spacial score (nSPS) is 9.44. The predicted molar refractivity (Wildman–Crippen MR) is 59.9 cm³/mol. The topological polar surface area (TPSA) is 69.6 Å². The number of terminal acetylenes is 1. The average Bonchev–Trinajstić information content (AvgIpc) is 2.28. The zero-order valence-corrected chi connectivity index (χ0v) is 8.73. The molecular weight excluding hydrogens is 206 g/mol. The van der Waals surface area contributed by atoms with E-state index in [4.69, 9.17) is 11.5 Å². The summed E-state index contributed by atoms with van der Waals surface area (Å²) in [4.78, 5) is 11.2. The van der Waals surface area contributed by atoms with E-state index in [0.29, 0.717) is 12.8 Å². The lowest BCUT2D eigenvalue weighted by atomic mass is 10.1. The molecule has 84 valence electrons. The van der Waals surface area contributed by atoms with Crippen LogP contribution in [-0.4, -0.2) is 22.7 Å². The molecule has 0 heterocycles. The Kier molecular flexibility index (Phi) is 4.22. The smallest absolute Gasteiger partial charge is 0.221 e. The molecule has 0 spiro atoms. The molecule has 0 aliphatic rings. The Morgan fingerprint density at radius 2 is 2.12 bits per heavy atom. The lowest BCUT2D eigenvalue weighted by molar-refractivity contribution is -0.120. The first-order chi connectivity index (χ1) is 7.63. The maximum atomic E-state index is 11.2. The van der Waals surface area contributed by atoms with Crippen LogP contribution in [-0.2, 0) is 11.2 Å². The Morgan fingerprint density at radius 3 is 2.75 bits per heavy atom. The first-order valence-corrected chi connectivity index (χ1v) is 4.84. The molecule has 1 aromatic carbocycles. The maximum absolute atomic E-state index is 11.2. The molecular formula is C12H13NO3. The average molecular weight is 219 g/mol. The summed E-state index contributed by atoms with van der Waals surface area (Å²) >= 11 is 0. The van der Waals surface area contributed by atoms with Crippen LogP contribution < -0.4 is 5.32 Å². The number of hydrogen-bond donors (Lipinski definition) is 3. The van der Waals surface area contributed by atoms with Gasteiger partial charge in [-0.3, -0.25) is 4.79 Å². The van der Waals surface area contributed by atoms with Crippen molar-refractivity contribution < 1.29 is 15.0 Å². The third-order valence-corrected chi connectivity index (χ3v) is 2.07. The van der Waals surface area contributed by atoms with Crippen molar-refractivity contribution in [3.05, 3.63) is 23.8 Å². The number of hydrogen-bond acceptors (Lipinski definition) is 3. The van der Waals surface area contributed by atoms with Gasteiger partial charge in [0.15, 0.2) is 11.5 Å². The molecule has 3 N–H and O–H groups in total. The van der Waals surface area contributed by atoms with Crippen LogP contribution in [0.5, 0.6) is 11.5 Å². The summed E-state index contributed by atoms with van der Waals surface area (Å²) in [6.45, 7) is 0.222. The summed E-state index contributed by atoms with van der Waals surface area (Å²) in [5.41, 5.74) is 0.783. The van der Waals surface area contributed by atoms with Crippen LogP contribution in [0.2, 0.25) is 0 Å². The molecule has 1 rings (SSSR count). The molecule has 1 amide bonds. The summed E-state index contributed by atoms with van der Waals surface area (Å²) in [7, 11) is 0. The maximum Gasteiger partial charge on any atom is 0.221 e. The fourth-order valence-corrected chi connectivity index (χ4v) is 1.22. The van der Waals surface area contributed by atoms with Gasteiger partial charge in [-0.2, -0.15) is 0 Å². The number of rotatable bonds is 4. The number of aryl methyl sites for hydroxylation is 1. The van der Waals surface area contributed by atoms with E-state index in [-0.39, 0.29) is 24.0 Å². The minimum atomic E-state index is -0.179. The standard InChI is InChI=1S/C12H13NO3/c1-2-7-13-12(16)6-4-9-3-5-10(14)11(15)8-9/h1,3,5,8,14-15H,4,6-7H2,(H,13,16). The number of carbonyl (C=O) groups excluding carboxylic acids is 1. The van der Waals surface area contributed by atoms with Crippen LogP contribution in [0.1, 0.15) is 12.0 Å². The van der Waals surface area contributed by atoms with E-state index >= 15 is 0 Å². The molecule has 0 unspecified atom stereocenters. The van der Waals surface area contributed by atoms with Crippen LogP contribution in [0.15, 0.2) is 18.2 Å². The predicted octanol–water partition coefficient (Wildman–Crippen LogP) is 0.780. The zero-order valence-electron chi connectivity index (χ0n) is 8.73. The molecule has 0 saturated carbocycles. The molecule has 0 saturated heterocycles. The van der Waals surface area contributed by atoms with Gasteiger partial charge in [0.25, 0.3) is 0 Å². The molecule has 0 radical (unpaired) electrons. The Hall–Kier alpha value is -2.15. The second kappa shape index (κ2) is 5.66. The third kappa shape index (κ3) is 3.54. The van der Waals surface area contributed by atoms with E-state index in [1.165, 1.54) is 12.1 Å². The summed E-state index contributed by atoms with van der Waals surface area (Å²) in [5.74, 6) is 1.83. The van der Waals surface area contributed by atoms with Crippen LogP contribution in [0.25, 0.3) is 0 Å². The van der Waals surface area contributed by atoms with Gasteiger partial charge < -0.3 is 15.5 Å². The van der Waals surface area contributed by atoms with Crippen molar-refractivity contribution in [3.63, 3.8) is 0 Å². The molecule has 0 bridgehead atoms. The highest BCUT2D eigenvalue weighted by Gasteiger charge is 2.03. The van der Waals surface area contributed by atoms with Crippen molar-refractivity contribution in [3.8, 4) is 23.8 Å². The van der Waals surface area contributed by atoms with Gasteiger partial charge in [0, 0.05) is 6.42 Å². The van der Waals surface area contributed by atoms with Crippen molar-refractivity contribution in [2.75, 3.05) is 6.54 Å². The van der Waals surface area contributed by atoms with Crippen LogP contribution >= 0.6 is 0 Å². The van der Waals surface area contributed by atoms with Gasteiger partial charge in [-0.15, -0.1) is 6.42 Å². The second-order valence-corrected chi connectivity index (χ2v) is 3.30. The van der Waals surface area contributed by atoms with Gasteiger partial charge in [-0.05, 0) is 24.1 Å². The first-order valence-electron chi connectivity index (χ1n) is 4.84. The minimum absolute atomic E-state index is 0.134. The van der Waals surface area contributed by atoms with E-state index in [1.807, 2.05) is 0 Å². The number of benzene rings is 1. The molecule has 1 aromatic rings. The van der Waals surface area contributed by atoms with Crippen molar-refractivity contribution in [2.24, 2.45) is 0 Å². The highest BCUT2D eigenvalue weighted by atomic mass is 16.3. The molecule has 0 atom stereocenters. The third-order valence-electron chi connectivity index (χ3n) is 2.07. The Morgan fingerprint density at radius 1 is 1.38 bits per heavy atom. The molecule has 4 heteroatoms. The summed E-state index contributed by atoms with van der Waals surface area (Å²) < 4.78 is 0. The van der Waals surface area contributed by atoms with Crippen molar-refractivity contribution in [1.29, 1.82) is 0 Å². The number of phenols is 2. The number of amides is 1. The minimum Gasteiger partial charge on any atom is -0.504 e. The van der Waals surface area contributed by atoms with Gasteiger partial charge >= 0.3 is 0 Å². The van der Waals surface area contributed by atoms with Gasteiger partial charge in [-0.1, -0.05) is 12.0 Å². The summed E-state index contributed by atoms with van der Waals surface area (Å²) in [6.07, 6.45) is 5.78. The van der Waals surface area contributed by atoms with Crippen molar-refractivity contribution in [2.45, 2.75) is 12.8 Å². The quantitative estimate of drug-likeness (QED) is 0.517. The largest absolute Gasteiger partial charge is 0.504 e. The number of carbonyl (C=O) groups is 1. The molecule has 0 aliphatic carbocycles. The molecule has 0 aliphatic heterocycles. The zero-order chi connectivity index (χ0) is 12.0. The lowest BCUT2D eigenvalue weighted by Crippen LogP contribution is -2.23. The van der Waals surface area contributed by atoms with Gasteiger partial charge in [0.1, 0.15) is 0 Å².